The fourth-order valence-electron chi connectivity index (χ4n) is 0.821. The van der Waals surface area contributed by atoms with E-state index in [2.05, 4.69) is 32.9 Å². The molecule has 0 amide bonds. The molecule has 1 aromatic rings. The Morgan fingerprint density at radius 3 is 1.77 bits per heavy atom. The average molecular weight is 359 g/mol. The molecule has 0 aliphatic carbocycles. The van der Waals surface area contributed by atoms with E-state index in [0.29, 0.717) is 0 Å². The zero-order chi connectivity index (χ0) is 6.85. The quantitative estimate of drug-likeness (QED) is 0.619. The largest absolute Gasteiger partial charge is 4.00 e. The van der Waals surface area contributed by atoms with Crippen LogP contribution < -0.4 is 0 Å². The van der Waals surface area contributed by atoms with Crippen molar-refractivity contribution in [1.82, 2.24) is 0 Å². The van der Waals surface area contributed by atoms with Crippen LogP contribution in [-0.2, 0) is 21.1 Å². The molecule has 0 heterocycles. The molecule has 0 nitrogen and oxygen atoms in total. The summed E-state index contributed by atoms with van der Waals surface area (Å²) in [5.41, 5.74) is 3.97. The van der Waals surface area contributed by atoms with Gasteiger partial charge in [-0.2, -0.15) is 34.9 Å². The van der Waals surface area contributed by atoms with Crippen LogP contribution in [0, 0.1) is 49.1 Å². The van der Waals surface area contributed by atoms with Gasteiger partial charge in [-0.15, -0.1) is 0 Å². The van der Waals surface area contributed by atoms with Gasteiger partial charge in [0, 0.05) is 0 Å². The zero-order valence-electron chi connectivity index (χ0n) is 9.47. The molecule has 0 aliphatic heterocycles. The average Bonchev–Trinajstić information content (AvgIpc) is 1.83. The summed E-state index contributed by atoms with van der Waals surface area (Å²) < 4.78 is 0. The van der Waals surface area contributed by atoms with Gasteiger partial charge in [0.25, 0.3) is 0 Å². The SMILES string of the molecule is Cc1[c-]ccc(C)c1C.[CH3-].[CH3-].[CH3-].[Pt+4]. The Hall–Kier alpha value is -0.0917. The third-order valence-corrected chi connectivity index (χ3v) is 1.79. The van der Waals surface area contributed by atoms with Crippen LogP contribution in [0.25, 0.3) is 0 Å². The molecule has 1 aromatic carbocycles. The van der Waals surface area contributed by atoms with E-state index in [0.717, 1.165) is 0 Å². The second-order valence-corrected chi connectivity index (χ2v) is 2.41. The Morgan fingerprint density at radius 2 is 1.46 bits per heavy atom. The molecular formula is C12H20Pt. The molecule has 0 saturated carbocycles. The number of benzene rings is 1. The van der Waals surface area contributed by atoms with Crippen molar-refractivity contribution in [3.8, 4) is 0 Å². The number of rotatable bonds is 0. The molecule has 0 aromatic heterocycles. The number of hydrogen-bond donors (Lipinski definition) is 0. The van der Waals surface area contributed by atoms with Gasteiger partial charge in [-0.25, -0.2) is 0 Å². The van der Waals surface area contributed by atoms with E-state index in [1.54, 1.807) is 0 Å². The second kappa shape index (κ2) is 9.99. The Balaban J connectivity index is -0.000000101. The first-order chi connectivity index (χ1) is 4.22. The van der Waals surface area contributed by atoms with E-state index in [4.69, 9.17) is 0 Å². The minimum absolute atomic E-state index is 0. The van der Waals surface area contributed by atoms with Crippen LogP contribution >= 0.6 is 0 Å². The van der Waals surface area contributed by atoms with Gasteiger partial charge in [0.1, 0.15) is 0 Å². The van der Waals surface area contributed by atoms with Crippen molar-refractivity contribution in [3.05, 3.63) is 57.2 Å². The fourth-order valence-corrected chi connectivity index (χ4v) is 0.821. The Labute approximate surface area is 99.0 Å². The van der Waals surface area contributed by atoms with Crippen molar-refractivity contribution >= 4 is 0 Å². The van der Waals surface area contributed by atoms with Crippen molar-refractivity contribution in [2.75, 3.05) is 0 Å². The predicted molar refractivity (Wildman–Crippen MR) is 58.7 cm³/mol. The molecule has 1 rings (SSSR count). The van der Waals surface area contributed by atoms with Gasteiger partial charge in [-0.1, -0.05) is 20.8 Å². The summed E-state index contributed by atoms with van der Waals surface area (Å²) >= 11 is 0. The Morgan fingerprint density at radius 1 is 1.00 bits per heavy atom. The molecule has 1 heteroatoms. The Kier molecular flexibility index (Phi) is 17.7. The topological polar surface area (TPSA) is 0 Å². The predicted octanol–water partition coefficient (Wildman–Crippen LogP) is 3.76. The monoisotopic (exact) mass is 359 g/mol. The van der Waals surface area contributed by atoms with Gasteiger partial charge in [0.15, 0.2) is 0 Å². The summed E-state index contributed by atoms with van der Waals surface area (Å²) in [7, 11) is 0. The van der Waals surface area contributed by atoms with Gasteiger partial charge in [0.05, 0.1) is 0 Å². The van der Waals surface area contributed by atoms with Gasteiger partial charge in [-0.3, -0.25) is 0 Å². The maximum atomic E-state index is 3.14. The fraction of sp³-hybridized carbons (Fsp3) is 0.250. The third-order valence-electron chi connectivity index (χ3n) is 1.79. The molecule has 0 bridgehead atoms. The standard InChI is InChI=1S/C9H11.3CH3.Pt/c1-7-5-4-6-8(2)9(7)3;;;;/h4-5H,1-3H3;3*1H3;/q4*-1;+4. The summed E-state index contributed by atoms with van der Waals surface area (Å²) in [6, 6.07) is 7.20. The maximum absolute atomic E-state index is 3.14. The van der Waals surface area contributed by atoms with E-state index < -0.39 is 0 Å². The first-order valence-electron chi connectivity index (χ1n) is 3.16. The first-order valence-corrected chi connectivity index (χ1v) is 3.16. The molecule has 0 radical (unpaired) electrons. The normalized spacial score (nSPS) is 6.69. The summed E-state index contributed by atoms with van der Waals surface area (Å²) in [5.74, 6) is 0. The molecule has 0 atom stereocenters. The van der Waals surface area contributed by atoms with Crippen molar-refractivity contribution in [2.45, 2.75) is 20.8 Å². The van der Waals surface area contributed by atoms with Crippen LogP contribution in [0.1, 0.15) is 16.7 Å². The molecule has 0 spiro atoms. The maximum Gasteiger partial charge on any atom is 4.00 e. The smallest absolute Gasteiger partial charge is 0.358 e. The van der Waals surface area contributed by atoms with Crippen LogP contribution in [0.5, 0.6) is 0 Å². The Bertz CT molecular complexity index is 196. The van der Waals surface area contributed by atoms with Crippen molar-refractivity contribution in [2.24, 2.45) is 0 Å². The van der Waals surface area contributed by atoms with Gasteiger partial charge in [-0.05, 0) is 0 Å². The molecule has 0 unspecified atom stereocenters. The second-order valence-electron chi connectivity index (χ2n) is 2.41. The van der Waals surface area contributed by atoms with E-state index in [9.17, 15) is 0 Å². The molecular weight excluding hydrogens is 339 g/mol. The summed E-state index contributed by atoms with van der Waals surface area (Å²) in [5, 5.41) is 0. The van der Waals surface area contributed by atoms with Crippen LogP contribution in [-0.4, -0.2) is 0 Å². The van der Waals surface area contributed by atoms with Crippen LogP contribution in [0.3, 0.4) is 0 Å². The molecule has 0 saturated heterocycles. The third kappa shape index (κ3) is 6.04. The van der Waals surface area contributed by atoms with E-state index >= 15 is 0 Å². The molecule has 13 heavy (non-hydrogen) atoms. The van der Waals surface area contributed by atoms with Gasteiger partial charge >= 0.3 is 21.1 Å². The van der Waals surface area contributed by atoms with Crippen molar-refractivity contribution < 1.29 is 21.1 Å². The van der Waals surface area contributed by atoms with Crippen LogP contribution in [0.4, 0.5) is 0 Å². The van der Waals surface area contributed by atoms with E-state index in [1.165, 1.54) is 16.7 Å². The van der Waals surface area contributed by atoms with E-state index in [1.807, 2.05) is 6.07 Å². The molecule has 78 valence electrons. The van der Waals surface area contributed by atoms with Crippen molar-refractivity contribution in [1.29, 1.82) is 0 Å². The minimum Gasteiger partial charge on any atom is -0.358 e. The molecule has 0 N–H and O–H groups in total. The van der Waals surface area contributed by atoms with E-state index in [-0.39, 0.29) is 43.3 Å². The minimum atomic E-state index is 0. The summed E-state index contributed by atoms with van der Waals surface area (Å²) in [6.45, 7) is 6.33. The van der Waals surface area contributed by atoms with Crippen molar-refractivity contribution in [3.63, 3.8) is 0 Å². The molecule has 0 aliphatic rings. The number of hydrogen-bond acceptors (Lipinski definition) is 0. The van der Waals surface area contributed by atoms with Gasteiger partial charge < -0.3 is 22.3 Å². The summed E-state index contributed by atoms with van der Waals surface area (Å²) in [4.78, 5) is 0. The number of aryl methyl sites for hydroxylation is 2. The molecule has 0 fully saturated rings. The summed E-state index contributed by atoms with van der Waals surface area (Å²) in [6.07, 6.45) is 0. The van der Waals surface area contributed by atoms with Gasteiger partial charge in [0.2, 0.25) is 0 Å². The van der Waals surface area contributed by atoms with Crippen LogP contribution in [0.15, 0.2) is 12.1 Å². The van der Waals surface area contributed by atoms with Crippen LogP contribution in [0.2, 0.25) is 0 Å². The first kappa shape index (κ1) is 23.1. The zero-order valence-corrected chi connectivity index (χ0v) is 11.7.